The van der Waals surface area contributed by atoms with Crippen molar-refractivity contribution in [3.05, 3.63) is 77.5 Å². The number of pyridine rings is 1. The zero-order valence-corrected chi connectivity index (χ0v) is 15.0. The van der Waals surface area contributed by atoms with Crippen LogP contribution in [0.5, 0.6) is 5.75 Å². The summed E-state index contributed by atoms with van der Waals surface area (Å²) in [6, 6.07) is 18.0. The van der Waals surface area contributed by atoms with Crippen LogP contribution in [0.25, 0.3) is 0 Å². The largest absolute Gasteiger partial charge is 0.495 e. The van der Waals surface area contributed by atoms with E-state index in [0.717, 1.165) is 11.3 Å². The topological polar surface area (TPSA) is 87.0 Å². The number of anilines is 3. The predicted molar refractivity (Wildman–Crippen MR) is 104 cm³/mol. The highest BCUT2D eigenvalue weighted by atomic mass is 16.5. The van der Waals surface area contributed by atoms with E-state index in [0.29, 0.717) is 28.4 Å². The highest BCUT2D eigenvalue weighted by Crippen LogP contribution is 2.27. The maximum absolute atomic E-state index is 12.4. The van der Waals surface area contributed by atoms with Crippen molar-refractivity contribution in [2.45, 2.75) is 6.92 Å². The van der Waals surface area contributed by atoms with Gasteiger partial charge in [-0.2, -0.15) is 5.26 Å². The third kappa shape index (κ3) is 4.41. The molecule has 0 unspecified atom stereocenters. The molecule has 2 N–H and O–H groups in total. The molecule has 6 nitrogen and oxygen atoms in total. The van der Waals surface area contributed by atoms with Crippen molar-refractivity contribution in [3.8, 4) is 11.8 Å². The number of nitriles is 1. The van der Waals surface area contributed by atoms with Gasteiger partial charge < -0.3 is 15.4 Å². The van der Waals surface area contributed by atoms with Gasteiger partial charge in [-0.05, 0) is 55.0 Å². The molecule has 0 saturated carbocycles. The van der Waals surface area contributed by atoms with Crippen molar-refractivity contribution in [3.63, 3.8) is 0 Å². The van der Waals surface area contributed by atoms with Gasteiger partial charge in [0, 0.05) is 11.9 Å². The summed E-state index contributed by atoms with van der Waals surface area (Å²) in [6.45, 7) is 1.99. The van der Waals surface area contributed by atoms with Crippen LogP contribution >= 0.6 is 0 Å². The number of benzene rings is 2. The first-order valence-corrected chi connectivity index (χ1v) is 8.28. The third-order valence-electron chi connectivity index (χ3n) is 3.89. The lowest BCUT2D eigenvalue weighted by atomic mass is 10.2. The smallest absolute Gasteiger partial charge is 0.257 e. The number of methoxy groups -OCH3 is 1. The standard InChI is InChI=1S/C21H18N4O2/c1-14-6-8-19(27-2)18(10-14)25-20-9-7-16(13-23-20)21(26)24-17-5-3-4-15(11-17)12-22/h3-11,13H,1-2H3,(H,23,25)(H,24,26). The van der Waals surface area contributed by atoms with Crippen molar-refractivity contribution in [2.75, 3.05) is 17.7 Å². The van der Waals surface area contributed by atoms with Crippen molar-refractivity contribution < 1.29 is 9.53 Å². The number of nitrogens with zero attached hydrogens (tertiary/aromatic N) is 2. The minimum absolute atomic E-state index is 0.294. The van der Waals surface area contributed by atoms with Gasteiger partial charge in [-0.1, -0.05) is 12.1 Å². The SMILES string of the molecule is COc1ccc(C)cc1Nc1ccc(C(=O)Nc2cccc(C#N)c2)cn1. The first-order chi connectivity index (χ1) is 13.1. The Morgan fingerprint density at radius 3 is 2.70 bits per heavy atom. The molecule has 0 aliphatic carbocycles. The Hall–Kier alpha value is -3.85. The van der Waals surface area contributed by atoms with E-state index in [1.165, 1.54) is 6.20 Å². The molecule has 2 aromatic carbocycles. The first-order valence-electron chi connectivity index (χ1n) is 8.28. The van der Waals surface area contributed by atoms with Gasteiger partial charge in [0.2, 0.25) is 0 Å². The van der Waals surface area contributed by atoms with Crippen LogP contribution in [-0.2, 0) is 0 Å². The average molecular weight is 358 g/mol. The third-order valence-corrected chi connectivity index (χ3v) is 3.89. The van der Waals surface area contributed by atoms with E-state index in [1.807, 2.05) is 31.2 Å². The van der Waals surface area contributed by atoms with Gasteiger partial charge in [0.25, 0.3) is 5.91 Å². The second-order valence-corrected chi connectivity index (χ2v) is 5.91. The summed E-state index contributed by atoms with van der Waals surface area (Å²) in [4.78, 5) is 16.6. The Kier molecular flexibility index (Phi) is 5.33. The lowest BCUT2D eigenvalue weighted by Crippen LogP contribution is -2.12. The van der Waals surface area contributed by atoms with Crippen LogP contribution in [0.2, 0.25) is 0 Å². The van der Waals surface area contributed by atoms with E-state index in [-0.39, 0.29) is 5.91 Å². The second kappa shape index (κ2) is 8.02. The Morgan fingerprint density at radius 2 is 2.00 bits per heavy atom. The second-order valence-electron chi connectivity index (χ2n) is 5.91. The van der Waals surface area contributed by atoms with Gasteiger partial charge in [0.1, 0.15) is 11.6 Å². The van der Waals surface area contributed by atoms with Gasteiger partial charge in [-0.3, -0.25) is 4.79 Å². The van der Waals surface area contributed by atoms with Crippen molar-refractivity contribution >= 4 is 23.1 Å². The van der Waals surface area contributed by atoms with Gasteiger partial charge in [0.15, 0.2) is 0 Å². The van der Waals surface area contributed by atoms with Gasteiger partial charge in [-0.15, -0.1) is 0 Å². The molecule has 0 spiro atoms. The minimum atomic E-state index is -0.294. The quantitative estimate of drug-likeness (QED) is 0.711. The van der Waals surface area contributed by atoms with Gasteiger partial charge >= 0.3 is 0 Å². The summed E-state index contributed by atoms with van der Waals surface area (Å²) in [7, 11) is 1.61. The summed E-state index contributed by atoms with van der Waals surface area (Å²) >= 11 is 0. The van der Waals surface area contributed by atoms with Crippen molar-refractivity contribution in [1.82, 2.24) is 4.98 Å². The maximum Gasteiger partial charge on any atom is 0.257 e. The van der Waals surface area contributed by atoms with Crippen LogP contribution in [0.3, 0.4) is 0 Å². The van der Waals surface area contributed by atoms with Gasteiger partial charge in [-0.25, -0.2) is 4.98 Å². The highest BCUT2D eigenvalue weighted by Gasteiger charge is 2.09. The molecule has 0 bridgehead atoms. The zero-order chi connectivity index (χ0) is 19.2. The molecule has 0 aliphatic heterocycles. The Labute approximate surface area is 157 Å². The summed E-state index contributed by atoms with van der Waals surface area (Å²) in [5.74, 6) is 1.01. The number of carbonyl (C=O) groups excluding carboxylic acids is 1. The predicted octanol–water partition coefficient (Wildman–Crippen LogP) is 4.27. The van der Waals surface area contributed by atoms with Crippen LogP contribution in [0.1, 0.15) is 21.5 Å². The van der Waals surface area contributed by atoms with Gasteiger partial charge in [0.05, 0.1) is 30.0 Å². The molecule has 27 heavy (non-hydrogen) atoms. The minimum Gasteiger partial charge on any atom is -0.495 e. The van der Waals surface area contributed by atoms with Crippen LogP contribution in [-0.4, -0.2) is 18.0 Å². The normalized spacial score (nSPS) is 9.96. The number of carbonyl (C=O) groups is 1. The molecule has 134 valence electrons. The van der Waals surface area contributed by atoms with Crippen LogP contribution in [0.15, 0.2) is 60.8 Å². The molecule has 1 amide bonds. The maximum atomic E-state index is 12.4. The lowest BCUT2D eigenvalue weighted by Gasteiger charge is -2.12. The molecule has 1 aromatic heterocycles. The monoisotopic (exact) mass is 358 g/mol. The number of hydrogen-bond donors (Lipinski definition) is 2. The Bertz CT molecular complexity index is 1010. The fourth-order valence-electron chi connectivity index (χ4n) is 2.53. The Morgan fingerprint density at radius 1 is 1.15 bits per heavy atom. The molecule has 6 heteroatoms. The molecule has 0 aliphatic rings. The molecule has 0 fully saturated rings. The highest BCUT2D eigenvalue weighted by molar-refractivity contribution is 6.04. The van der Waals surface area contributed by atoms with E-state index in [1.54, 1.807) is 43.5 Å². The molecule has 3 aromatic rings. The number of ether oxygens (including phenoxy) is 1. The number of nitrogens with one attached hydrogen (secondary N) is 2. The summed E-state index contributed by atoms with van der Waals surface area (Å²) in [5.41, 5.74) is 3.35. The van der Waals surface area contributed by atoms with Crippen LogP contribution < -0.4 is 15.4 Å². The number of hydrogen-bond acceptors (Lipinski definition) is 5. The van der Waals surface area contributed by atoms with E-state index in [4.69, 9.17) is 10.00 Å². The van der Waals surface area contributed by atoms with Crippen LogP contribution in [0, 0.1) is 18.3 Å². The number of rotatable bonds is 5. The van der Waals surface area contributed by atoms with E-state index in [9.17, 15) is 4.79 Å². The Balaban J connectivity index is 1.72. The molecule has 0 radical (unpaired) electrons. The van der Waals surface area contributed by atoms with E-state index in [2.05, 4.69) is 15.6 Å². The number of amides is 1. The lowest BCUT2D eigenvalue weighted by molar-refractivity contribution is 0.102. The van der Waals surface area contributed by atoms with Crippen molar-refractivity contribution in [2.24, 2.45) is 0 Å². The molecule has 1 heterocycles. The number of aromatic nitrogens is 1. The molecular formula is C21H18N4O2. The molecule has 3 rings (SSSR count). The zero-order valence-electron chi connectivity index (χ0n) is 15.0. The van der Waals surface area contributed by atoms with Crippen molar-refractivity contribution in [1.29, 1.82) is 5.26 Å². The van der Waals surface area contributed by atoms with E-state index >= 15 is 0 Å². The fourth-order valence-corrected chi connectivity index (χ4v) is 2.53. The summed E-state index contributed by atoms with van der Waals surface area (Å²) in [6.07, 6.45) is 1.49. The number of aryl methyl sites for hydroxylation is 1. The summed E-state index contributed by atoms with van der Waals surface area (Å²) in [5, 5.41) is 14.9. The van der Waals surface area contributed by atoms with E-state index < -0.39 is 0 Å². The molecule has 0 saturated heterocycles. The average Bonchev–Trinajstić information content (AvgIpc) is 2.69. The van der Waals surface area contributed by atoms with Crippen LogP contribution in [0.4, 0.5) is 17.2 Å². The first kappa shape index (κ1) is 18.0. The molecule has 0 atom stereocenters. The fraction of sp³-hybridized carbons (Fsp3) is 0.0952. The summed E-state index contributed by atoms with van der Waals surface area (Å²) < 4.78 is 5.34. The molecular weight excluding hydrogens is 340 g/mol.